The second-order valence-corrected chi connectivity index (χ2v) is 8.78. The van der Waals surface area contributed by atoms with Gasteiger partial charge in [-0.2, -0.15) is 0 Å². The topological polar surface area (TPSA) is 49.8 Å². The molecule has 0 spiro atoms. The number of amides is 1. The molecule has 1 aliphatic rings. The molecule has 0 unspecified atom stereocenters. The average Bonchev–Trinajstić information content (AvgIpc) is 3.36. The van der Waals surface area contributed by atoms with Gasteiger partial charge in [-0.15, -0.1) is 0 Å². The van der Waals surface area contributed by atoms with Crippen LogP contribution in [0.3, 0.4) is 0 Å². The van der Waals surface area contributed by atoms with E-state index in [2.05, 4.69) is 36.4 Å². The van der Waals surface area contributed by atoms with Crippen LogP contribution in [0.1, 0.15) is 44.7 Å². The normalized spacial score (nSPS) is 21.3. The van der Waals surface area contributed by atoms with Gasteiger partial charge in [0.25, 0.3) is 0 Å². The molecule has 1 saturated carbocycles. The fourth-order valence-electron chi connectivity index (χ4n) is 4.10. The van der Waals surface area contributed by atoms with Gasteiger partial charge in [-0.3, -0.25) is 0 Å². The molecule has 0 aromatic heterocycles. The van der Waals surface area contributed by atoms with Gasteiger partial charge in [-0.25, -0.2) is 4.79 Å². The van der Waals surface area contributed by atoms with Crippen LogP contribution in [0.5, 0.6) is 0 Å². The maximum absolute atomic E-state index is 11.7. The Hall–Kier alpha value is -2.33. The van der Waals surface area contributed by atoms with Gasteiger partial charge in [-0.05, 0) is 50.7 Å². The molecule has 0 heterocycles. The highest BCUT2D eigenvalue weighted by Gasteiger charge is 2.55. The molecule has 0 bridgehead atoms. The van der Waals surface area contributed by atoms with E-state index in [1.165, 1.54) is 11.1 Å². The van der Waals surface area contributed by atoms with E-state index in [1.54, 1.807) is 4.90 Å². The van der Waals surface area contributed by atoms with E-state index >= 15 is 0 Å². The third-order valence-corrected chi connectivity index (χ3v) is 5.83. The number of ether oxygens (including phenoxy) is 1. The van der Waals surface area contributed by atoms with E-state index < -0.39 is 11.6 Å². The Balaban J connectivity index is 1.66. The number of nitrogens with zero attached hydrogens (tertiary/aromatic N) is 1. The molecule has 2 aromatic carbocycles. The van der Waals surface area contributed by atoms with Crippen molar-refractivity contribution < 1.29 is 14.6 Å². The van der Waals surface area contributed by atoms with Crippen LogP contribution in [0.2, 0.25) is 0 Å². The van der Waals surface area contributed by atoms with Crippen LogP contribution in [0.25, 0.3) is 0 Å². The zero-order valence-electron chi connectivity index (χ0n) is 17.1. The third kappa shape index (κ3) is 4.74. The summed E-state index contributed by atoms with van der Waals surface area (Å²) in [6.45, 7) is 7.69. The van der Waals surface area contributed by atoms with Crippen LogP contribution in [-0.2, 0) is 16.8 Å². The summed E-state index contributed by atoms with van der Waals surface area (Å²) in [5, 5.41) is 9.63. The van der Waals surface area contributed by atoms with Gasteiger partial charge < -0.3 is 14.7 Å². The van der Waals surface area contributed by atoms with E-state index in [9.17, 15) is 9.90 Å². The highest BCUT2D eigenvalue weighted by atomic mass is 16.5. The van der Waals surface area contributed by atoms with E-state index in [-0.39, 0.29) is 5.41 Å². The molecule has 28 heavy (non-hydrogen) atoms. The molecule has 1 amide bonds. The molecule has 4 heteroatoms. The SMILES string of the molecule is CC(C)(C)N(CC[C@]1(c2ccccc2)C[C@H]1COCc1ccccc1)C(=O)O. The maximum atomic E-state index is 11.7. The van der Waals surface area contributed by atoms with Gasteiger partial charge in [0.2, 0.25) is 0 Å². The van der Waals surface area contributed by atoms with Crippen molar-refractivity contribution in [3.8, 4) is 0 Å². The van der Waals surface area contributed by atoms with Crippen molar-refractivity contribution in [3.63, 3.8) is 0 Å². The molecule has 0 saturated heterocycles. The zero-order valence-corrected chi connectivity index (χ0v) is 17.1. The first-order chi connectivity index (χ1) is 13.3. The van der Waals surface area contributed by atoms with Gasteiger partial charge in [0.1, 0.15) is 0 Å². The molecular weight excluding hydrogens is 350 g/mol. The molecule has 0 aliphatic heterocycles. The van der Waals surface area contributed by atoms with Crippen LogP contribution in [0.15, 0.2) is 60.7 Å². The summed E-state index contributed by atoms with van der Waals surface area (Å²) >= 11 is 0. The number of rotatable bonds is 8. The Kier molecular flexibility index (Phi) is 6.09. The minimum atomic E-state index is -0.853. The second kappa shape index (κ2) is 8.36. The largest absolute Gasteiger partial charge is 0.465 e. The highest BCUT2D eigenvalue weighted by molar-refractivity contribution is 5.66. The van der Waals surface area contributed by atoms with Crippen molar-refractivity contribution in [1.29, 1.82) is 0 Å². The summed E-state index contributed by atoms with van der Waals surface area (Å²) in [4.78, 5) is 13.3. The highest BCUT2D eigenvalue weighted by Crippen LogP contribution is 2.57. The lowest BCUT2D eigenvalue weighted by molar-refractivity contribution is 0.0913. The molecule has 1 fully saturated rings. The van der Waals surface area contributed by atoms with Gasteiger partial charge in [-0.1, -0.05) is 60.7 Å². The lowest BCUT2D eigenvalue weighted by Crippen LogP contribution is -2.46. The fraction of sp³-hybridized carbons (Fsp3) is 0.458. The first-order valence-corrected chi connectivity index (χ1v) is 10.0. The van der Waals surface area contributed by atoms with E-state index in [4.69, 9.17) is 4.74 Å². The Morgan fingerprint density at radius 3 is 2.29 bits per heavy atom. The van der Waals surface area contributed by atoms with Gasteiger partial charge in [0.05, 0.1) is 13.2 Å². The van der Waals surface area contributed by atoms with Crippen molar-refractivity contribution in [2.24, 2.45) is 5.92 Å². The molecule has 1 aliphatic carbocycles. The van der Waals surface area contributed by atoms with Crippen molar-refractivity contribution >= 4 is 6.09 Å². The van der Waals surface area contributed by atoms with Crippen molar-refractivity contribution in [2.75, 3.05) is 13.2 Å². The molecule has 1 N–H and O–H groups in total. The van der Waals surface area contributed by atoms with Crippen molar-refractivity contribution in [1.82, 2.24) is 4.90 Å². The Labute approximate surface area is 168 Å². The first kappa shape index (κ1) is 20.4. The standard InChI is InChI=1S/C24H31NO3/c1-23(2,3)25(22(26)27)15-14-24(20-12-8-5-9-13-20)16-21(24)18-28-17-19-10-6-4-7-11-19/h4-13,21H,14-18H2,1-3H3,(H,26,27)/t21-,24+/m0/s1. The smallest absolute Gasteiger partial charge is 0.407 e. The summed E-state index contributed by atoms with van der Waals surface area (Å²) in [7, 11) is 0. The van der Waals surface area contributed by atoms with Crippen LogP contribution in [0.4, 0.5) is 4.79 Å². The minimum absolute atomic E-state index is 0.0108. The second-order valence-electron chi connectivity index (χ2n) is 8.78. The predicted octanol–water partition coefficient (Wildman–Crippen LogP) is 5.33. The summed E-state index contributed by atoms with van der Waals surface area (Å²) in [6.07, 6.45) is 1.01. The predicted molar refractivity (Wildman–Crippen MR) is 111 cm³/mol. The van der Waals surface area contributed by atoms with Crippen molar-refractivity contribution in [3.05, 3.63) is 71.8 Å². The van der Waals surface area contributed by atoms with Crippen molar-refractivity contribution in [2.45, 2.75) is 51.2 Å². The summed E-state index contributed by atoms with van der Waals surface area (Å²) < 4.78 is 6.01. The van der Waals surface area contributed by atoms with Crippen LogP contribution < -0.4 is 0 Å². The monoisotopic (exact) mass is 381 g/mol. The van der Waals surface area contributed by atoms with E-state index in [0.717, 1.165) is 12.8 Å². The number of hydrogen-bond donors (Lipinski definition) is 1. The maximum Gasteiger partial charge on any atom is 0.407 e. The van der Waals surface area contributed by atoms with Gasteiger partial charge in [0, 0.05) is 17.5 Å². The number of benzene rings is 2. The number of carboxylic acid groups (broad SMARTS) is 1. The fourth-order valence-corrected chi connectivity index (χ4v) is 4.10. The molecule has 2 aromatic rings. The van der Waals surface area contributed by atoms with Gasteiger partial charge in [0.15, 0.2) is 0 Å². The quantitative estimate of drug-likeness (QED) is 0.672. The zero-order chi connectivity index (χ0) is 20.2. The Morgan fingerprint density at radius 2 is 1.71 bits per heavy atom. The van der Waals surface area contributed by atoms with E-state index in [0.29, 0.717) is 25.7 Å². The Bertz CT molecular complexity index is 769. The molecule has 4 nitrogen and oxygen atoms in total. The van der Waals surface area contributed by atoms with Gasteiger partial charge >= 0.3 is 6.09 Å². The first-order valence-electron chi connectivity index (χ1n) is 10.0. The summed E-state index contributed by atoms with van der Waals surface area (Å²) in [6, 6.07) is 20.7. The summed E-state index contributed by atoms with van der Waals surface area (Å²) in [5.41, 5.74) is 2.08. The summed E-state index contributed by atoms with van der Waals surface area (Å²) in [5.74, 6) is 0.425. The Morgan fingerprint density at radius 1 is 1.11 bits per heavy atom. The molecule has 2 atom stereocenters. The van der Waals surface area contributed by atoms with Crippen LogP contribution in [-0.4, -0.2) is 34.8 Å². The molecule has 0 radical (unpaired) electrons. The number of hydrogen-bond acceptors (Lipinski definition) is 2. The van der Waals surface area contributed by atoms with E-state index in [1.807, 2.05) is 45.0 Å². The average molecular weight is 382 g/mol. The molecular formula is C24H31NO3. The lowest BCUT2D eigenvalue weighted by atomic mass is 9.89. The minimum Gasteiger partial charge on any atom is -0.465 e. The third-order valence-electron chi connectivity index (χ3n) is 5.83. The number of carbonyl (C=O) groups is 1. The molecule has 150 valence electrons. The van der Waals surface area contributed by atoms with Crippen LogP contribution in [0, 0.1) is 5.92 Å². The lowest BCUT2D eigenvalue weighted by Gasteiger charge is -2.34. The molecule has 3 rings (SSSR count). The van der Waals surface area contributed by atoms with Crippen LogP contribution >= 0.6 is 0 Å².